The monoisotopic (exact) mass is 349 g/mol. The van der Waals surface area contributed by atoms with Gasteiger partial charge >= 0.3 is 6.36 Å². The minimum Gasteiger partial charge on any atom is -0.472 e. The summed E-state index contributed by atoms with van der Waals surface area (Å²) in [5.41, 5.74) is 0.828. The van der Waals surface area contributed by atoms with Gasteiger partial charge in [0.25, 0.3) is 0 Å². The van der Waals surface area contributed by atoms with Crippen LogP contribution < -0.4 is 9.46 Å². The van der Waals surface area contributed by atoms with E-state index < -0.39 is 28.2 Å². The second-order valence-electron chi connectivity index (χ2n) is 4.88. The average molecular weight is 349 g/mol. The van der Waals surface area contributed by atoms with Crippen LogP contribution in [0.1, 0.15) is 12.5 Å². The third-order valence-electron chi connectivity index (χ3n) is 2.85. The van der Waals surface area contributed by atoms with E-state index >= 15 is 0 Å². The summed E-state index contributed by atoms with van der Waals surface area (Å²) < 4.78 is 71.6. The maximum atomic E-state index is 12.2. The molecule has 5 nitrogen and oxygen atoms in total. The highest BCUT2D eigenvalue weighted by atomic mass is 32.2. The van der Waals surface area contributed by atoms with Crippen molar-refractivity contribution < 1.29 is 30.7 Å². The van der Waals surface area contributed by atoms with Gasteiger partial charge in [-0.1, -0.05) is 0 Å². The smallest absolute Gasteiger partial charge is 0.472 e. The molecular formula is C14H14F3NO4S. The second kappa shape index (κ2) is 6.63. The van der Waals surface area contributed by atoms with Crippen LogP contribution in [-0.2, 0) is 16.4 Å². The highest BCUT2D eigenvalue weighted by Gasteiger charge is 2.31. The summed E-state index contributed by atoms with van der Waals surface area (Å²) in [7, 11) is -3.84. The summed E-state index contributed by atoms with van der Waals surface area (Å²) in [6.07, 6.45) is -1.41. The zero-order valence-corrected chi connectivity index (χ0v) is 12.8. The van der Waals surface area contributed by atoms with Crippen molar-refractivity contribution in [2.24, 2.45) is 0 Å². The van der Waals surface area contributed by atoms with E-state index in [0.29, 0.717) is 6.42 Å². The van der Waals surface area contributed by atoms with Crippen LogP contribution in [0.3, 0.4) is 0 Å². The van der Waals surface area contributed by atoms with E-state index in [1.807, 2.05) is 0 Å². The van der Waals surface area contributed by atoms with Gasteiger partial charge < -0.3 is 9.15 Å². The van der Waals surface area contributed by atoms with Crippen LogP contribution in [0.25, 0.3) is 0 Å². The lowest BCUT2D eigenvalue weighted by Crippen LogP contribution is -2.34. The number of hydrogen-bond donors (Lipinski definition) is 1. The van der Waals surface area contributed by atoms with Crippen LogP contribution in [-0.4, -0.2) is 20.8 Å². The molecule has 0 spiro atoms. The summed E-state index contributed by atoms with van der Waals surface area (Å²) >= 11 is 0. The highest BCUT2D eigenvalue weighted by Crippen LogP contribution is 2.24. The first-order valence-corrected chi connectivity index (χ1v) is 8.03. The fourth-order valence-electron chi connectivity index (χ4n) is 1.96. The third-order valence-corrected chi connectivity index (χ3v) is 4.45. The molecule has 0 aliphatic heterocycles. The maximum absolute atomic E-state index is 12.2. The first-order chi connectivity index (χ1) is 10.7. The van der Waals surface area contributed by atoms with Gasteiger partial charge in [-0.25, -0.2) is 13.1 Å². The molecule has 9 heteroatoms. The maximum Gasteiger partial charge on any atom is 0.573 e. The van der Waals surface area contributed by atoms with Crippen molar-refractivity contribution in [3.63, 3.8) is 0 Å². The van der Waals surface area contributed by atoms with Crippen molar-refractivity contribution in [3.05, 3.63) is 48.4 Å². The molecule has 0 fully saturated rings. The van der Waals surface area contributed by atoms with Crippen LogP contribution in [0.2, 0.25) is 0 Å². The Morgan fingerprint density at radius 1 is 1.22 bits per heavy atom. The van der Waals surface area contributed by atoms with Crippen LogP contribution in [0.5, 0.6) is 5.75 Å². The molecule has 0 unspecified atom stereocenters. The Morgan fingerprint density at radius 3 is 2.39 bits per heavy atom. The average Bonchev–Trinajstić information content (AvgIpc) is 2.89. The Morgan fingerprint density at radius 2 is 1.87 bits per heavy atom. The zero-order chi connectivity index (χ0) is 17.1. The first-order valence-electron chi connectivity index (χ1n) is 6.55. The van der Waals surface area contributed by atoms with Crippen molar-refractivity contribution in [2.75, 3.05) is 0 Å². The van der Waals surface area contributed by atoms with Gasteiger partial charge in [0.05, 0.1) is 17.4 Å². The lowest BCUT2D eigenvalue weighted by atomic mass is 10.1. The lowest BCUT2D eigenvalue weighted by Gasteiger charge is -2.14. The molecule has 2 aromatic rings. The second-order valence-corrected chi connectivity index (χ2v) is 6.59. The van der Waals surface area contributed by atoms with E-state index in [9.17, 15) is 21.6 Å². The highest BCUT2D eigenvalue weighted by molar-refractivity contribution is 7.89. The third kappa shape index (κ3) is 5.29. The largest absolute Gasteiger partial charge is 0.573 e. The standard InChI is InChI=1S/C14H14F3NO4S/c1-10(8-11-6-7-21-9-11)18-23(19,20)13-4-2-12(3-5-13)22-14(15,16)17/h2-7,9-10,18H,8H2,1H3/t10-/m1/s1. The number of nitrogens with one attached hydrogen (secondary N) is 1. The number of halogens is 3. The van der Waals surface area contributed by atoms with Gasteiger partial charge in [0.15, 0.2) is 0 Å². The SMILES string of the molecule is C[C@H](Cc1ccoc1)NS(=O)(=O)c1ccc(OC(F)(F)F)cc1. The predicted octanol–water partition coefficient (Wildman–Crippen LogP) is 3.09. The van der Waals surface area contributed by atoms with Crippen molar-refractivity contribution in [3.8, 4) is 5.75 Å². The number of furan rings is 1. The van der Waals surface area contributed by atoms with E-state index in [0.717, 1.165) is 29.8 Å². The topological polar surface area (TPSA) is 68.5 Å². The first kappa shape index (κ1) is 17.4. The molecule has 1 N–H and O–H groups in total. The number of alkyl halides is 3. The number of sulfonamides is 1. The van der Waals surface area contributed by atoms with Crippen LogP contribution in [0.15, 0.2) is 52.2 Å². The molecule has 1 heterocycles. The minimum absolute atomic E-state index is 0.147. The van der Waals surface area contributed by atoms with Gasteiger partial charge in [-0.15, -0.1) is 13.2 Å². The van der Waals surface area contributed by atoms with E-state index in [-0.39, 0.29) is 4.90 Å². The van der Waals surface area contributed by atoms with Gasteiger partial charge in [-0.3, -0.25) is 0 Å². The summed E-state index contributed by atoms with van der Waals surface area (Å²) in [4.78, 5) is -0.147. The van der Waals surface area contributed by atoms with Crippen molar-refractivity contribution in [1.82, 2.24) is 4.72 Å². The molecule has 23 heavy (non-hydrogen) atoms. The minimum atomic E-state index is -4.82. The summed E-state index contributed by atoms with van der Waals surface area (Å²) in [5, 5.41) is 0. The molecule has 0 radical (unpaired) electrons. The number of hydrogen-bond acceptors (Lipinski definition) is 4. The molecule has 2 rings (SSSR count). The number of rotatable bonds is 6. The normalized spacial score (nSPS) is 13.7. The fourth-order valence-corrected chi connectivity index (χ4v) is 3.20. The Bertz CT molecular complexity index is 724. The van der Waals surface area contributed by atoms with Crippen molar-refractivity contribution in [2.45, 2.75) is 30.6 Å². The van der Waals surface area contributed by atoms with Crippen LogP contribution in [0.4, 0.5) is 13.2 Å². The van der Waals surface area contributed by atoms with Gasteiger partial charge in [0.2, 0.25) is 10.0 Å². The summed E-state index contributed by atoms with van der Waals surface area (Å²) in [5.74, 6) is -0.483. The molecule has 0 saturated heterocycles. The van der Waals surface area contributed by atoms with Crippen molar-refractivity contribution >= 4 is 10.0 Å². The fraction of sp³-hybridized carbons (Fsp3) is 0.286. The molecule has 126 valence electrons. The van der Waals surface area contributed by atoms with Gasteiger partial charge in [0, 0.05) is 6.04 Å². The molecule has 0 aliphatic carbocycles. The molecule has 0 aliphatic rings. The number of benzene rings is 1. The molecule has 1 aromatic carbocycles. The molecular weight excluding hydrogens is 335 g/mol. The molecule has 1 atom stereocenters. The number of ether oxygens (including phenoxy) is 1. The van der Waals surface area contributed by atoms with E-state index in [1.54, 1.807) is 13.0 Å². The zero-order valence-electron chi connectivity index (χ0n) is 12.0. The van der Waals surface area contributed by atoms with E-state index in [2.05, 4.69) is 9.46 Å². The Kier molecular flexibility index (Phi) is 5.00. The lowest BCUT2D eigenvalue weighted by molar-refractivity contribution is -0.274. The predicted molar refractivity (Wildman–Crippen MR) is 75.3 cm³/mol. The van der Waals surface area contributed by atoms with Crippen LogP contribution in [0, 0.1) is 0 Å². The Hall–Kier alpha value is -2.00. The molecule has 1 aromatic heterocycles. The van der Waals surface area contributed by atoms with Crippen molar-refractivity contribution in [1.29, 1.82) is 0 Å². The molecule has 0 bridgehead atoms. The van der Waals surface area contributed by atoms with Gasteiger partial charge in [-0.05, 0) is 49.2 Å². The molecule has 0 saturated carbocycles. The summed E-state index contributed by atoms with van der Waals surface area (Å²) in [6.45, 7) is 1.67. The van der Waals surface area contributed by atoms with Crippen LogP contribution >= 0.6 is 0 Å². The summed E-state index contributed by atoms with van der Waals surface area (Å²) in [6, 6.07) is 5.30. The van der Waals surface area contributed by atoms with E-state index in [1.165, 1.54) is 12.5 Å². The van der Waals surface area contributed by atoms with E-state index in [4.69, 9.17) is 4.42 Å². The Balaban J connectivity index is 2.04. The van der Waals surface area contributed by atoms with Gasteiger partial charge in [0.1, 0.15) is 5.75 Å². The van der Waals surface area contributed by atoms with Gasteiger partial charge in [-0.2, -0.15) is 0 Å². The quantitative estimate of drug-likeness (QED) is 0.870. The molecule has 0 amide bonds. The Labute approximate surface area is 131 Å².